The summed E-state index contributed by atoms with van der Waals surface area (Å²) >= 11 is 0. The summed E-state index contributed by atoms with van der Waals surface area (Å²) in [6.45, 7) is 3.28. The number of hydrogen-bond acceptors (Lipinski definition) is 1. The number of hydrogen-bond donors (Lipinski definition) is 1. The van der Waals surface area contributed by atoms with Crippen molar-refractivity contribution in [2.24, 2.45) is 0 Å². The van der Waals surface area contributed by atoms with Gasteiger partial charge in [0, 0.05) is 18.2 Å². The van der Waals surface area contributed by atoms with Crippen molar-refractivity contribution in [2.75, 3.05) is 11.9 Å². The second-order valence-corrected chi connectivity index (χ2v) is 5.43. The van der Waals surface area contributed by atoms with Crippen molar-refractivity contribution in [3.63, 3.8) is 0 Å². The quantitative estimate of drug-likeness (QED) is 0.853. The highest BCUT2D eigenvalue weighted by atomic mass is 14.9. The van der Waals surface area contributed by atoms with Gasteiger partial charge in [-0.3, -0.25) is 0 Å². The van der Waals surface area contributed by atoms with Crippen molar-refractivity contribution < 1.29 is 0 Å². The molecule has 0 fully saturated rings. The number of fused-ring (bicyclic) bond motifs is 1. The molecular weight excluding hydrogens is 230 g/mol. The number of anilines is 1. The minimum Gasteiger partial charge on any atom is -0.384 e. The molecule has 1 atom stereocenters. The summed E-state index contributed by atoms with van der Waals surface area (Å²) in [5.41, 5.74) is 5.66. The fraction of sp³-hybridized carbons (Fsp3) is 0.333. The third-order valence-corrected chi connectivity index (χ3v) is 4.01. The third-order valence-electron chi connectivity index (χ3n) is 4.01. The van der Waals surface area contributed by atoms with Crippen LogP contribution in [0.1, 0.15) is 36.0 Å². The summed E-state index contributed by atoms with van der Waals surface area (Å²) < 4.78 is 0. The van der Waals surface area contributed by atoms with E-state index in [1.165, 1.54) is 35.2 Å². The average molecular weight is 251 g/mol. The third kappa shape index (κ3) is 2.65. The van der Waals surface area contributed by atoms with Crippen molar-refractivity contribution in [2.45, 2.75) is 32.1 Å². The summed E-state index contributed by atoms with van der Waals surface area (Å²) in [5.74, 6) is 0.602. The van der Waals surface area contributed by atoms with Gasteiger partial charge in [0.05, 0.1) is 0 Å². The number of nitrogens with one attached hydrogen (secondary N) is 1. The normalized spacial score (nSPS) is 17.6. The molecule has 0 aromatic heterocycles. The zero-order valence-electron chi connectivity index (χ0n) is 11.5. The second-order valence-electron chi connectivity index (χ2n) is 5.43. The highest BCUT2D eigenvalue weighted by Gasteiger charge is 2.18. The van der Waals surface area contributed by atoms with E-state index in [2.05, 4.69) is 60.8 Å². The lowest BCUT2D eigenvalue weighted by Crippen LogP contribution is -2.21. The minimum atomic E-state index is 0.602. The van der Waals surface area contributed by atoms with E-state index in [1.807, 2.05) is 0 Å². The Kier molecular flexibility index (Phi) is 3.54. The van der Waals surface area contributed by atoms with E-state index < -0.39 is 0 Å². The van der Waals surface area contributed by atoms with Crippen LogP contribution in [0.15, 0.2) is 48.5 Å². The summed E-state index contributed by atoms with van der Waals surface area (Å²) in [5, 5.41) is 3.55. The van der Waals surface area contributed by atoms with Crippen LogP contribution in [0.2, 0.25) is 0 Å². The van der Waals surface area contributed by atoms with E-state index >= 15 is 0 Å². The Labute approximate surface area is 115 Å². The van der Waals surface area contributed by atoms with E-state index in [9.17, 15) is 0 Å². The largest absolute Gasteiger partial charge is 0.384 e. The maximum atomic E-state index is 3.55. The molecule has 1 aliphatic rings. The van der Waals surface area contributed by atoms with E-state index in [4.69, 9.17) is 0 Å². The van der Waals surface area contributed by atoms with Gasteiger partial charge in [-0.05, 0) is 35.6 Å². The topological polar surface area (TPSA) is 12.0 Å². The minimum absolute atomic E-state index is 0.602. The van der Waals surface area contributed by atoms with Gasteiger partial charge in [0.25, 0.3) is 0 Å². The molecule has 2 aromatic carbocycles. The molecule has 1 nitrogen and oxygen atoms in total. The van der Waals surface area contributed by atoms with Gasteiger partial charge in [-0.15, -0.1) is 0 Å². The Morgan fingerprint density at radius 1 is 1.05 bits per heavy atom. The lowest BCUT2D eigenvalue weighted by Gasteiger charge is -2.26. The highest BCUT2D eigenvalue weighted by Crippen LogP contribution is 2.30. The number of para-hydroxylation sites is 1. The molecule has 98 valence electrons. The molecule has 3 rings (SSSR count). The van der Waals surface area contributed by atoms with Crippen LogP contribution in [0.5, 0.6) is 0 Å². The SMILES string of the molecule is CCCc1ccc(C2CNc3ccccc3C2)cc1. The van der Waals surface area contributed by atoms with Crippen LogP contribution < -0.4 is 5.32 Å². The molecule has 2 aromatic rings. The van der Waals surface area contributed by atoms with Crippen molar-refractivity contribution >= 4 is 5.69 Å². The molecule has 0 aliphatic carbocycles. The molecule has 1 unspecified atom stereocenters. The maximum absolute atomic E-state index is 3.55. The van der Waals surface area contributed by atoms with Gasteiger partial charge in [0.15, 0.2) is 0 Å². The lowest BCUT2D eigenvalue weighted by atomic mass is 9.88. The smallest absolute Gasteiger partial charge is 0.0373 e. The molecule has 0 radical (unpaired) electrons. The molecule has 0 saturated carbocycles. The van der Waals surface area contributed by atoms with Gasteiger partial charge in [-0.2, -0.15) is 0 Å². The Bertz CT molecular complexity index is 542. The fourth-order valence-electron chi connectivity index (χ4n) is 2.92. The van der Waals surface area contributed by atoms with Crippen LogP contribution in [-0.2, 0) is 12.8 Å². The zero-order chi connectivity index (χ0) is 13.1. The first-order chi connectivity index (χ1) is 9.36. The monoisotopic (exact) mass is 251 g/mol. The van der Waals surface area contributed by atoms with Crippen molar-refractivity contribution in [3.8, 4) is 0 Å². The van der Waals surface area contributed by atoms with Crippen molar-refractivity contribution in [1.29, 1.82) is 0 Å². The van der Waals surface area contributed by atoms with Crippen molar-refractivity contribution in [3.05, 3.63) is 65.2 Å². The van der Waals surface area contributed by atoms with Crippen LogP contribution in [0.25, 0.3) is 0 Å². The predicted octanol–water partition coefficient (Wildman–Crippen LogP) is 4.39. The van der Waals surface area contributed by atoms with Crippen LogP contribution in [0, 0.1) is 0 Å². The first kappa shape index (κ1) is 12.3. The molecule has 1 heteroatoms. The molecule has 1 N–H and O–H groups in total. The summed E-state index contributed by atoms with van der Waals surface area (Å²) in [4.78, 5) is 0. The summed E-state index contributed by atoms with van der Waals surface area (Å²) in [7, 11) is 0. The standard InChI is InChI=1S/C18H21N/c1-2-5-14-8-10-15(11-9-14)17-12-16-6-3-4-7-18(16)19-13-17/h3-4,6-11,17,19H,2,5,12-13H2,1H3. The van der Waals surface area contributed by atoms with Crippen LogP contribution in [0.4, 0.5) is 5.69 Å². The molecule has 1 aliphatic heterocycles. The van der Waals surface area contributed by atoms with Gasteiger partial charge >= 0.3 is 0 Å². The Morgan fingerprint density at radius 3 is 2.63 bits per heavy atom. The Morgan fingerprint density at radius 2 is 1.84 bits per heavy atom. The number of aryl methyl sites for hydroxylation is 1. The molecule has 0 spiro atoms. The molecule has 0 saturated heterocycles. The van der Waals surface area contributed by atoms with Gasteiger partial charge in [0.2, 0.25) is 0 Å². The highest BCUT2D eigenvalue weighted by molar-refractivity contribution is 5.54. The van der Waals surface area contributed by atoms with Gasteiger partial charge < -0.3 is 5.32 Å². The van der Waals surface area contributed by atoms with Gasteiger partial charge in [-0.1, -0.05) is 55.8 Å². The van der Waals surface area contributed by atoms with Gasteiger partial charge in [0.1, 0.15) is 0 Å². The second kappa shape index (κ2) is 5.48. The van der Waals surface area contributed by atoms with E-state index in [0.29, 0.717) is 5.92 Å². The molecule has 19 heavy (non-hydrogen) atoms. The first-order valence-corrected chi connectivity index (χ1v) is 7.27. The van der Waals surface area contributed by atoms with Crippen molar-refractivity contribution in [1.82, 2.24) is 0 Å². The molecule has 0 amide bonds. The first-order valence-electron chi connectivity index (χ1n) is 7.27. The maximum Gasteiger partial charge on any atom is 0.0373 e. The summed E-state index contributed by atoms with van der Waals surface area (Å²) in [6.07, 6.45) is 3.56. The van der Waals surface area contributed by atoms with Crippen LogP contribution in [0.3, 0.4) is 0 Å². The zero-order valence-corrected chi connectivity index (χ0v) is 11.5. The number of rotatable bonds is 3. The molecule has 1 heterocycles. The Balaban J connectivity index is 1.77. The predicted molar refractivity (Wildman–Crippen MR) is 81.8 cm³/mol. The van der Waals surface area contributed by atoms with Crippen LogP contribution >= 0.6 is 0 Å². The molecule has 0 bridgehead atoms. The fourth-order valence-corrected chi connectivity index (χ4v) is 2.92. The lowest BCUT2D eigenvalue weighted by molar-refractivity contribution is 0.694. The van der Waals surface area contributed by atoms with E-state index in [0.717, 1.165) is 13.0 Å². The number of benzene rings is 2. The van der Waals surface area contributed by atoms with E-state index in [-0.39, 0.29) is 0 Å². The van der Waals surface area contributed by atoms with Crippen LogP contribution in [-0.4, -0.2) is 6.54 Å². The van der Waals surface area contributed by atoms with Gasteiger partial charge in [-0.25, -0.2) is 0 Å². The van der Waals surface area contributed by atoms with E-state index in [1.54, 1.807) is 0 Å². The molecular formula is C18H21N. The average Bonchev–Trinajstić information content (AvgIpc) is 2.48. The summed E-state index contributed by atoms with van der Waals surface area (Å²) in [6, 6.07) is 17.9. The Hall–Kier alpha value is -1.76.